The number of aliphatic hydroxyl groups is 1. The molecule has 0 spiro atoms. The Morgan fingerprint density at radius 3 is 2.36 bits per heavy atom. The summed E-state index contributed by atoms with van der Waals surface area (Å²) in [6, 6.07) is 0. The minimum Gasteiger partial charge on any atom is -0.395 e. The Morgan fingerprint density at radius 2 is 2.09 bits per heavy atom. The van der Waals surface area contributed by atoms with Crippen molar-refractivity contribution in [3.8, 4) is 0 Å². The lowest BCUT2D eigenvalue weighted by molar-refractivity contribution is -0.128. The van der Waals surface area contributed by atoms with Crippen LogP contribution in [0.5, 0.6) is 0 Å². The number of nitrogens with zero attached hydrogens (tertiary/aromatic N) is 1. The van der Waals surface area contributed by atoms with Crippen molar-refractivity contribution in [2.24, 2.45) is 0 Å². The number of rotatable bonds is 4. The van der Waals surface area contributed by atoms with Crippen molar-refractivity contribution in [2.45, 2.75) is 13.8 Å². The van der Waals surface area contributed by atoms with Gasteiger partial charge in [0, 0.05) is 20.0 Å². The Hall–Kier alpha value is -0.830. The van der Waals surface area contributed by atoms with Gasteiger partial charge in [-0.15, -0.1) is 0 Å². The standard InChI is InChI=1S/C8H15NO2/c1-7(2)6-9(4-5-10)8(3)11/h10H,1,4-6H2,2-3H3. The Morgan fingerprint density at radius 1 is 1.55 bits per heavy atom. The molecule has 64 valence electrons. The summed E-state index contributed by atoms with van der Waals surface area (Å²) in [6.07, 6.45) is 0. The van der Waals surface area contributed by atoms with Crippen LogP contribution in [0.3, 0.4) is 0 Å². The normalized spacial score (nSPS) is 9.36. The molecule has 0 saturated carbocycles. The Kier molecular flexibility index (Phi) is 4.54. The van der Waals surface area contributed by atoms with Crippen molar-refractivity contribution in [3.63, 3.8) is 0 Å². The summed E-state index contributed by atoms with van der Waals surface area (Å²) < 4.78 is 0. The van der Waals surface area contributed by atoms with Gasteiger partial charge in [0.25, 0.3) is 0 Å². The molecule has 0 aromatic rings. The highest BCUT2D eigenvalue weighted by atomic mass is 16.3. The lowest BCUT2D eigenvalue weighted by atomic mass is 10.3. The molecule has 0 rings (SSSR count). The molecule has 0 aromatic heterocycles. The van der Waals surface area contributed by atoms with Gasteiger partial charge < -0.3 is 10.0 Å². The second-order valence-electron chi connectivity index (χ2n) is 2.62. The minimum absolute atomic E-state index is 0.00681. The number of carbonyl (C=O) groups excluding carboxylic acids is 1. The summed E-state index contributed by atoms with van der Waals surface area (Å²) in [5.74, 6) is -0.0259. The molecule has 0 aliphatic heterocycles. The van der Waals surface area contributed by atoms with E-state index in [4.69, 9.17) is 5.11 Å². The summed E-state index contributed by atoms with van der Waals surface area (Å²) in [5, 5.41) is 8.57. The molecule has 0 aromatic carbocycles. The van der Waals surface area contributed by atoms with Gasteiger partial charge >= 0.3 is 0 Å². The van der Waals surface area contributed by atoms with Gasteiger partial charge in [-0.1, -0.05) is 12.2 Å². The first-order valence-electron chi connectivity index (χ1n) is 3.58. The summed E-state index contributed by atoms with van der Waals surface area (Å²) in [4.78, 5) is 12.4. The molecule has 0 saturated heterocycles. The van der Waals surface area contributed by atoms with Crippen molar-refractivity contribution in [1.29, 1.82) is 0 Å². The SMILES string of the molecule is C=C(C)CN(CCO)C(C)=O. The van der Waals surface area contributed by atoms with E-state index in [1.807, 2.05) is 6.92 Å². The maximum absolute atomic E-state index is 10.8. The molecule has 0 heterocycles. The molecule has 0 bridgehead atoms. The number of hydrogen-bond acceptors (Lipinski definition) is 2. The van der Waals surface area contributed by atoms with Gasteiger partial charge in [0.15, 0.2) is 0 Å². The van der Waals surface area contributed by atoms with E-state index in [2.05, 4.69) is 6.58 Å². The lowest BCUT2D eigenvalue weighted by Crippen LogP contribution is -2.32. The van der Waals surface area contributed by atoms with Gasteiger partial charge in [-0.05, 0) is 6.92 Å². The third kappa shape index (κ3) is 4.56. The lowest BCUT2D eigenvalue weighted by Gasteiger charge is -2.19. The number of carbonyl (C=O) groups is 1. The van der Waals surface area contributed by atoms with E-state index in [-0.39, 0.29) is 12.5 Å². The van der Waals surface area contributed by atoms with Crippen molar-refractivity contribution in [1.82, 2.24) is 4.90 Å². The summed E-state index contributed by atoms with van der Waals surface area (Å²) >= 11 is 0. The Labute approximate surface area is 67.3 Å². The van der Waals surface area contributed by atoms with Crippen molar-refractivity contribution < 1.29 is 9.90 Å². The van der Waals surface area contributed by atoms with Crippen LogP contribution in [0.2, 0.25) is 0 Å². The average molecular weight is 157 g/mol. The predicted octanol–water partition coefficient (Wildman–Crippen LogP) is 0.403. The van der Waals surface area contributed by atoms with E-state index in [1.54, 1.807) is 4.90 Å². The average Bonchev–Trinajstić information content (AvgIpc) is 1.86. The zero-order chi connectivity index (χ0) is 8.85. The van der Waals surface area contributed by atoms with Crippen LogP contribution >= 0.6 is 0 Å². The molecule has 1 N–H and O–H groups in total. The maximum atomic E-state index is 10.8. The maximum Gasteiger partial charge on any atom is 0.219 e. The largest absolute Gasteiger partial charge is 0.395 e. The third-order valence-electron chi connectivity index (χ3n) is 1.28. The topological polar surface area (TPSA) is 40.5 Å². The van der Waals surface area contributed by atoms with E-state index in [1.165, 1.54) is 6.92 Å². The highest BCUT2D eigenvalue weighted by Crippen LogP contribution is 1.95. The molecular weight excluding hydrogens is 142 g/mol. The van der Waals surface area contributed by atoms with E-state index in [0.717, 1.165) is 5.57 Å². The highest BCUT2D eigenvalue weighted by Gasteiger charge is 2.06. The minimum atomic E-state index is -0.0259. The van der Waals surface area contributed by atoms with Crippen LogP contribution in [-0.4, -0.2) is 35.6 Å². The number of amides is 1. The van der Waals surface area contributed by atoms with Crippen LogP contribution in [0, 0.1) is 0 Å². The van der Waals surface area contributed by atoms with Crippen molar-refractivity contribution >= 4 is 5.91 Å². The molecule has 0 radical (unpaired) electrons. The number of hydrogen-bond donors (Lipinski definition) is 1. The van der Waals surface area contributed by atoms with Crippen LogP contribution in [0.1, 0.15) is 13.8 Å². The van der Waals surface area contributed by atoms with Gasteiger partial charge in [0.2, 0.25) is 5.91 Å². The first kappa shape index (κ1) is 10.2. The van der Waals surface area contributed by atoms with Gasteiger partial charge in [-0.3, -0.25) is 4.79 Å². The predicted molar refractivity (Wildman–Crippen MR) is 44.2 cm³/mol. The monoisotopic (exact) mass is 157 g/mol. The molecular formula is C8H15NO2. The molecule has 1 amide bonds. The molecule has 3 nitrogen and oxygen atoms in total. The smallest absolute Gasteiger partial charge is 0.219 e. The van der Waals surface area contributed by atoms with Crippen LogP contribution in [0.4, 0.5) is 0 Å². The highest BCUT2D eigenvalue weighted by molar-refractivity contribution is 5.73. The molecule has 0 fully saturated rings. The summed E-state index contributed by atoms with van der Waals surface area (Å²) in [6.45, 7) is 7.96. The third-order valence-corrected chi connectivity index (χ3v) is 1.28. The molecule has 11 heavy (non-hydrogen) atoms. The molecule has 0 unspecified atom stereocenters. The molecule has 3 heteroatoms. The fourth-order valence-electron chi connectivity index (χ4n) is 0.794. The molecule has 0 aliphatic carbocycles. The zero-order valence-electron chi connectivity index (χ0n) is 7.13. The van der Waals surface area contributed by atoms with E-state index >= 15 is 0 Å². The van der Waals surface area contributed by atoms with E-state index in [0.29, 0.717) is 13.1 Å². The van der Waals surface area contributed by atoms with Gasteiger partial charge in [0.05, 0.1) is 6.61 Å². The zero-order valence-corrected chi connectivity index (χ0v) is 7.13. The molecule has 0 atom stereocenters. The Bertz CT molecular complexity index is 154. The van der Waals surface area contributed by atoms with Crippen LogP contribution in [0.15, 0.2) is 12.2 Å². The first-order valence-corrected chi connectivity index (χ1v) is 3.58. The van der Waals surface area contributed by atoms with Crippen LogP contribution in [0.25, 0.3) is 0 Å². The van der Waals surface area contributed by atoms with Crippen molar-refractivity contribution in [2.75, 3.05) is 19.7 Å². The fraction of sp³-hybridized carbons (Fsp3) is 0.625. The summed E-state index contributed by atoms with van der Waals surface area (Å²) in [7, 11) is 0. The second kappa shape index (κ2) is 4.91. The molecule has 0 aliphatic rings. The van der Waals surface area contributed by atoms with E-state index < -0.39 is 0 Å². The first-order chi connectivity index (χ1) is 5.07. The van der Waals surface area contributed by atoms with Gasteiger partial charge in [-0.25, -0.2) is 0 Å². The summed E-state index contributed by atoms with van der Waals surface area (Å²) in [5.41, 5.74) is 0.925. The number of aliphatic hydroxyl groups excluding tert-OH is 1. The van der Waals surface area contributed by atoms with Crippen LogP contribution in [-0.2, 0) is 4.79 Å². The van der Waals surface area contributed by atoms with Crippen LogP contribution < -0.4 is 0 Å². The Balaban J connectivity index is 3.89. The van der Waals surface area contributed by atoms with Gasteiger partial charge in [-0.2, -0.15) is 0 Å². The fourth-order valence-corrected chi connectivity index (χ4v) is 0.794. The second-order valence-corrected chi connectivity index (χ2v) is 2.62. The van der Waals surface area contributed by atoms with Gasteiger partial charge in [0.1, 0.15) is 0 Å². The van der Waals surface area contributed by atoms with Crippen molar-refractivity contribution in [3.05, 3.63) is 12.2 Å². The quantitative estimate of drug-likeness (QED) is 0.600. The van der Waals surface area contributed by atoms with E-state index in [9.17, 15) is 4.79 Å².